The third kappa shape index (κ3) is 5.65. The molecule has 14 nitrogen and oxygen atoms in total. The summed E-state index contributed by atoms with van der Waals surface area (Å²) in [7, 11) is 0. The predicted octanol–water partition coefficient (Wildman–Crippen LogP) is -2.25. The second-order valence-electron chi connectivity index (χ2n) is 9.37. The molecule has 0 spiro atoms. The quantitative estimate of drug-likeness (QED) is 0.177. The Kier molecular flexibility index (Phi) is 8.18. The Morgan fingerprint density at radius 1 is 0.897 bits per heavy atom. The number of fused-ring (bicyclic) bond motifs is 1. The Hall–Kier alpha value is -3.05. The normalized spacial score (nSPS) is 33.0. The largest absolute Gasteiger partial charge is 0.394 e. The molecule has 2 aliphatic rings. The number of para-hydroxylation sites is 1. The van der Waals surface area contributed by atoms with Gasteiger partial charge in [0, 0.05) is 17.6 Å². The van der Waals surface area contributed by atoms with E-state index in [4.69, 9.17) is 18.9 Å². The van der Waals surface area contributed by atoms with Crippen LogP contribution in [0.2, 0.25) is 0 Å². The molecule has 4 heterocycles. The first-order valence-electron chi connectivity index (χ1n) is 12.3. The van der Waals surface area contributed by atoms with Crippen LogP contribution in [0.3, 0.4) is 0 Å². The fourth-order valence-corrected chi connectivity index (χ4v) is 4.68. The molecule has 2 saturated heterocycles. The zero-order valence-corrected chi connectivity index (χ0v) is 20.5. The van der Waals surface area contributed by atoms with Gasteiger partial charge in [0.1, 0.15) is 42.7 Å². The number of pyridine rings is 1. The van der Waals surface area contributed by atoms with Gasteiger partial charge < -0.3 is 44.5 Å². The number of aliphatic hydroxyl groups is 5. The summed E-state index contributed by atoms with van der Waals surface area (Å²) in [4.78, 5) is 29.9. The number of hydrogen-bond acceptors (Lipinski definition) is 12. The standard InChI is InChI=1S/C25H29N3O11/c29-9-15-22(36-10-13-6-5-12-3-1-2-4-14(12)26-13)19(32)21(34)24(39-15)37-11-16-18(31)20(33)23(38-16)28-8-7-17(30)27-25(28)35/h1-8,15-16,18-24,29,31-34H,9-11H2,(H,27,30,35). The molecule has 0 radical (unpaired) electrons. The molecule has 2 aliphatic heterocycles. The lowest BCUT2D eigenvalue weighted by atomic mass is 9.99. The number of hydrogen-bond donors (Lipinski definition) is 6. The summed E-state index contributed by atoms with van der Waals surface area (Å²) in [6.07, 6.45) is -11.1. The Morgan fingerprint density at radius 2 is 1.69 bits per heavy atom. The van der Waals surface area contributed by atoms with Gasteiger partial charge in [-0.25, -0.2) is 4.79 Å². The van der Waals surface area contributed by atoms with E-state index in [0.29, 0.717) is 5.69 Å². The van der Waals surface area contributed by atoms with E-state index >= 15 is 0 Å². The molecule has 14 heteroatoms. The molecule has 0 saturated carbocycles. The molecule has 1 aromatic carbocycles. The van der Waals surface area contributed by atoms with Crippen molar-refractivity contribution >= 4 is 10.9 Å². The fraction of sp³-hybridized carbons (Fsp3) is 0.480. The van der Waals surface area contributed by atoms with Crippen LogP contribution in [0.4, 0.5) is 0 Å². The Morgan fingerprint density at radius 3 is 2.46 bits per heavy atom. The number of benzene rings is 1. The number of rotatable bonds is 8. The van der Waals surface area contributed by atoms with Crippen molar-refractivity contribution in [1.82, 2.24) is 14.5 Å². The van der Waals surface area contributed by atoms with Gasteiger partial charge in [0.2, 0.25) is 0 Å². The highest BCUT2D eigenvalue weighted by atomic mass is 16.7. The lowest BCUT2D eigenvalue weighted by molar-refractivity contribution is -0.313. The second kappa shape index (κ2) is 11.6. The van der Waals surface area contributed by atoms with E-state index in [1.807, 2.05) is 35.3 Å². The summed E-state index contributed by atoms with van der Waals surface area (Å²) in [6.45, 7) is -0.986. The van der Waals surface area contributed by atoms with Crippen molar-refractivity contribution < 1.29 is 44.5 Å². The van der Waals surface area contributed by atoms with Crippen LogP contribution in [0.25, 0.3) is 10.9 Å². The van der Waals surface area contributed by atoms with Crippen LogP contribution < -0.4 is 11.2 Å². The minimum absolute atomic E-state index is 0.0177. The van der Waals surface area contributed by atoms with Crippen LogP contribution in [0.1, 0.15) is 11.9 Å². The number of aliphatic hydroxyl groups excluding tert-OH is 5. The van der Waals surface area contributed by atoms with Gasteiger partial charge in [0.05, 0.1) is 31.0 Å². The molecule has 2 aromatic heterocycles. The first-order chi connectivity index (χ1) is 18.8. The van der Waals surface area contributed by atoms with Crippen molar-refractivity contribution in [3.05, 3.63) is 75.2 Å². The maximum atomic E-state index is 12.1. The van der Waals surface area contributed by atoms with Gasteiger partial charge >= 0.3 is 5.69 Å². The number of ether oxygens (including phenoxy) is 4. The Balaban J connectivity index is 1.20. The molecule has 9 unspecified atom stereocenters. The molecule has 2 fully saturated rings. The van der Waals surface area contributed by atoms with Crippen molar-refractivity contribution in [3.63, 3.8) is 0 Å². The van der Waals surface area contributed by atoms with Crippen molar-refractivity contribution in [2.24, 2.45) is 0 Å². The molecule has 3 aromatic rings. The summed E-state index contributed by atoms with van der Waals surface area (Å²) in [5.41, 5.74) is -0.140. The van der Waals surface area contributed by atoms with Gasteiger partial charge in [-0.1, -0.05) is 24.3 Å². The van der Waals surface area contributed by atoms with Crippen LogP contribution in [0.5, 0.6) is 0 Å². The van der Waals surface area contributed by atoms with Crippen LogP contribution in [-0.4, -0.2) is 102 Å². The maximum Gasteiger partial charge on any atom is 0.330 e. The Bertz CT molecular complexity index is 1400. The number of aromatic amines is 1. The second-order valence-corrected chi connectivity index (χ2v) is 9.37. The number of nitrogens with zero attached hydrogens (tertiary/aromatic N) is 2. The van der Waals surface area contributed by atoms with Gasteiger partial charge in [-0.3, -0.25) is 19.3 Å². The maximum absolute atomic E-state index is 12.1. The van der Waals surface area contributed by atoms with E-state index in [2.05, 4.69) is 4.98 Å². The summed E-state index contributed by atoms with van der Waals surface area (Å²) in [6, 6.07) is 12.2. The smallest absolute Gasteiger partial charge is 0.330 e. The van der Waals surface area contributed by atoms with Crippen LogP contribution >= 0.6 is 0 Å². The predicted molar refractivity (Wildman–Crippen MR) is 131 cm³/mol. The fourth-order valence-electron chi connectivity index (χ4n) is 4.68. The highest BCUT2D eigenvalue weighted by Crippen LogP contribution is 2.30. The van der Waals surface area contributed by atoms with Gasteiger partial charge in [0.25, 0.3) is 5.56 Å². The monoisotopic (exact) mass is 547 g/mol. The van der Waals surface area contributed by atoms with E-state index in [1.165, 1.54) is 0 Å². The van der Waals surface area contributed by atoms with Gasteiger partial charge in [0.15, 0.2) is 12.5 Å². The van der Waals surface area contributed by atoms with Crippen molar-refractivity contribution in [1.29, 1.82) is 0 Å². The summed E-state index contributed by atoms with van der Waals surface area (Å²) in [5, 5.41) is 53.0. The van der Waals surface area contributed by atoms with Crippen LogP contribution in [0, 0.1) is 0 Å². The van der Waals surface area contributed by atoms with E-state index in [9.17, 15) is 35.1 Å². The number of aromatic nitrogens is 3. The Labute approximate surface area is 220 Å². The minimum atomic E-state index is -1.59. The van der Waals surface area contributed by atoms with E-state index in [1.54, 1.807) is 6.07 Å². The third-order valence-corrected chi connectivity index (χ3v) is 6.79. The van der Waals surface area contributed by atoms with Gasteiger partial charge in [-0.2, -0.15) is 0 Å². The first kappa shape index (κ1) is 27.5. The topological polar surface area (TPSA) is 206 Å². The van der Waals surface area contributed by atoms with Crippen molar-refractivity contribution in [2.45, 2.75) is 61.9 Å². The zero-order chi connectivity index (χ0) is 27.7. The molecule has 5 rings (SSSR count). The SMILES string of the molecule is O=c1ccn(C2OC(COC3OC(CO)C(OCc4ccc5ccccc5n4)C(O)C3O)C(O)C2O)c(=O)[nH]1. The van der Waals surface area contributed by atoms with Crippen LogP contribution in [-0.2, 0) is 25.6 Å². The third-order valence-electron chi connectivity index (χ3n) is 6.79. The number of nitrogens with one attached hydrogen (secondary N) is 1. The van der Waals surface area contributed by atoms with Crippen LogP contribution in [0.15, 0.2) is 58.3 Å². The minimum Gasteiger partial charge on any atom is -0.394 e. The molecule has 0 bridgehead atoms. The molecule has 39 heavy (non-hydrogen) atoms. The first-order valence-corrected chi connectivity index (χ1v) is 12.3. The summed E-state index contributed by atoms with van der Waals surface area (Å²) < 4.78 is 23.4. The molecule has 6 N–H and O–H groups in total. The summed E-state index contributed by atoms with van der Waals surface area (Å²) >= 11 is 0. The lowest BCUT2D eigenvalue weighted by Crippen LogP contribution is -2.60. The zero-order valence-electron chi connectivity index (χ0n) is 20.5. The molecule has 210 valence electrons. The molecule has 0 aliphatic carbocycles. The highest BCUT2D eigenvalue weighted by molar-refractivity contribution is 5.78. The van der Waals surface area contributed by atoms with E-state index in [0.717, 1.165) is 27.7 Å². The molecule has 9 atom stereocenters. The van der Waals surface area contributed by atoms with Gasteiger partial charge in [-0.05, 0) is 12.1 Å². The molecular formula is C25H29N3O11. The molecule has 0 amide bonds. The van der Waals surface area contributed by atoms with Crippen molar-refractivity contribution in [3.8, 4) is 0 Å². The lowest BCUT2D eigenvalue weighted by Gasteiger charge is -2.41. The summed E-state index contributed by atoms with van der Waals surface area (Å²) in [5.74, 6) is 0. The van der Waals surface area contributed by atoms with E-state index in [-0.39, 0.29) is 6.61 Å². The van der Waals surface area contributed by atoms with Crippen molar-refractivity contribution in [2.75, 3.05) is 13.2 Å². The number of H-pyrrole nitrogens is 1. The molecular weight excluding hydrogens is 518 g/mol. The van der Waals surface area contributed by atoms with E-state index < -0.39 is 79.7 Å². The average Bonchev–Trinajstić information content (AvgIpc) is 3.21. The highest BCUT2D eigenvalue weighted by Gasteiger charge is 2.48. The average molecular weight is 548 g/mol. The van der Waals surface area contributed by atoms with Gasteiger partial charge in [-0.15, -0.1) is 0 Å².